The van der Waals surface area contributed by atoms with E-state index < -0.39 is 0 Å². The molecule has 0 aliphatic carbocycles. The van der Waals surface area contributed by atoms with Crippen molar-refractivity contribution in [3.63, 3.8) is 0 Å². The molecule has 0 saturated carbocycles. The van der Waals surface area contributed by atoms with E-state index in [1.807, 2.05) is 0 Å². The molecular formula is C2H6NOP. The molecular weight excluding hydrogens is 85.0 g/mol. The molecule has 0 aromatic heterocycles. The monoisotopic (exact) mass is 91.0 g/mol. The van der Waals surface area contributed by atoms with Crippen molar-refractivity contribution in [3.05, 3.63) is 0 Å². The van der Waals surface area contributed by atoms with E-state index in [9.17, 15) is 4.57 Å². The second kappa shape index (κ2) is 2.31. The summed E-state index contributed by atoms with van der Waals surface area (Å²) >= 11 is 0. The SMILES string of the molecule is CN(C)P=O. The average Bonchev–Trinajstić information content (AvgIpc) is 1.38. The molecule has 0 atom stereocenters. The van der Waals surface area contributed by atoms with Gasteiger partial charge in [0.2, 0.25) is 8.61 Å². The summed E-state index contributed by atoms with van der Waals surface area (Å²) in [5.74, 6) is 0. The number of rotatable bonds is 1. The summed E-state index contributed by atoms with van der Waals surface area (Å²) in [6, 6.07) is 0. The van der Waals surface area contributed by atoms with Crippen LogP contribution in [0.5, 0.6) is 0 Å². The summed E-state index contributed by atoms with van der Waals surface area (Å²) < 4.78 is 11.1. The third kappa shape index (κ3) is 4.06. The maximum Gasteiger partial charge on any atom is 0.248 e. The predicted octanol–water partition coefficient (Wildman–Crippen LogP) is 0.755. The second-order valence-corrected chi connectivity index (χ2v) is 1.89. The molecule has 0 rings (SSSR count). The van der Waals surface area contributed by atoms with E-state index in [2.05, 4.69) is 0 Å². The molecule has 0 N–H and O–H groups in total. The van der Waals surface area contributed by atoms with E-state index >= 15 is 0 Å². The van der Waals surface area contributed by atoms with Crippen molar-refractivity contribution >= 4 is 8.61 Å². The van der Waals surface area contributed by atoms with Crippen LogP contribution in [-0.4, -0.2) is 18.8 Å². The molecule has 0 bridgehead atoms. The van der Waals surface area contributed by atoms with E-state index in [-0.39, 0.29) is 8.61 Å². The molecule has 0 aliphatic rings. The van der Waals surface area contributed by atoms with Crippen LogP contribution in [0.4, 0.5) is 0 Å². The third-order valence-electron chi connectivity index (χ3n) is 0.163. The highest BCUT2D eigenvalue weighted by molar-refractivity contribution is 7.20. The van der Waals surface area contributed by atoms with Crippen LogP contribution in [0.25, 0.3) is 0 Å². The van der Waals surface area contributed by atoms with Gasteiger partial charge in [0.15, 0.2) is 0 Å². The van der Waals surface area contributed by atoms with E-state index in [0.29, 0.717) is 0 Å². The highest BCUT2D eigenvalue weighted by atomic mass is 31.1. The molecule has 0 saturated heterocycles. The largest absolute Gasteiger partial charge is 0.256 e. The highest BCUT2D eigenvalue weighted by Gasteiger charge is 1.73. The normalized spacial score (nSPS) is 10.2. The molecule has 0 unspecified atom stereocenters. The number of hydrogen-bond donors (Lipinski definition) is 0. The maximum atomic E-state index is 9.53. The van der Waals surface area contributed by atoms with Crippen molar-refractivity contribution in [2.75, 3.05) is 14.1 Å². The molecule has 0 aromatic rings. The van der Waals surface area contributed by atoms with Gasteiger partial charge in [-0.3, -0.25) is 4.57 Å². The molecule has 0 heterocycles. The molecule has 2 nitrogen and oxygen atoms in total. The molecule has 5 heavy (non-hydrogen) atoms. The van der Waals surface area contributed by atoms with Crippen LogP contribution in [0.1, 0.15) is 0 Å². The molecule has 0 radical (unpaired) electrons. The first-order valence-corrected chi connectivity index (χ1v) is 2.04. The minimum absolute atomic E-state index is 0.0802. The summed E-state index contributed by atoms with van der Waals surface area (Å²) in [6.45, 7) is 0. The molecule has 0 amide bonds. The standard InChI is InChI=1S/C2H6NOP/c1-3(2)5-4/h1-2H3. The Kier molecular flexibility index (Phi) is 2.33. The van der Waals surface area contributed by atoms with Crippen LogP contribution >= 0.6 is 8.61 Å². The third-order valence-corrected chi connectivity index (χ3v) is 0.490. The van der Waals surface area contributed by atoms with Gasteiger partial charge in [-0.05, 0) is 14.1 Å². The Labute approximate surface area is 33.0 Å². The van der Waals surface area contributed by atoms with Gasteiger partial charge in [0.05, 0.1) is 0 Å². The highest BCUT2D eigenvalue weighted by Crippen LogP contribution is 1.90. The van der Waals surface area contributed by atoms with Gasteiger partial charge in [0.1, 0.15) is 0 Å². The van der Waals surface area contributed by atoms with Crippen molar-refractivity contribution in [1.29, 1.82) is 0 Å². The van der Waals surface area contributed by atoms with Gasteiger partial charge >= 0.3 is 0 Å². The van der Waals surface area contributed by atoms with Crippen molar-refractivity contribution in [2.24, 2.45) is 0 Å². The summed E-state index contributed by atoms with van der Waals surface area (Å²) in [4.78, 5) is 0. The lowest BCUT2D eigenvalue weighted by atomic mass is 11.3. The Morgan fingerprint density at radius 2 is 1.80 bits per heavy atom. The van der Waals surface area contributed by atoms with Crippen molar-refractivity contribution in [2.45, 2.75) is 0 Å². The van der Waals surface area contributed by atoms with Crippen LogP contribution in [0, 0.1) is 0 Å². The Bertz CT molecular complexity index is 36.6. The Hall–Kier alpha value is 0.0600. The van der Waals surface area contributed by atoms with Crippen LogP contribution < -0.4 is 0 Å². The van der Waals surface area contributed by atoms with Crippen LogP contribution in [-0.2, 0) is 4.57 Å². The van der Waals surface area contributed by atoms with Crippen LogP contribution in [0.15, 0.2) is 0 Å². The first kappa shape index (κ1) is 5.06. The van der Waals surface area contributed by atoms with Gasteiger partial charge < -0.3 is 0 Å². The Morgan fingerprint density at radius 3 is 1.80 bits per heavy atom. The van der Waals surface area contributed by atoms with Gasteiger partial charge in [0, 0.05) is 0 Å². The molecule has 3 heteroatoms. The van der Waals surface area contributed by atoms with Gasteiger partial charge in [-0.1, -0.05) is 0 Å². The van der Waals surface area contributed by atoms with Crippen molar-refractivity contribution < 1.29 is 4.57 Å². The minimum Gasteiger partial charge on any atom is -0.256 e. The zero-order valence-electron chi connectivity index (χ0n) is 3.30. The van der Waals surface area contributed by atoms with Gasteiger partial charge in [-0.25, -0.2) is 4.67 Å². The zero-order chi connectivity index (χ0) is 4.28. The van der Waals surface area contributed by atoms with Gasteiger partial charge in [0.25, 0.3) is 0 Å². The second-order valence-electron chi connectivity index (χ2n) is 0.929. The predicted molar refractivity (Wildman–Crippen MR) is 21.3 cm³/mol. The summed E-state index contributed by atoms with van der Waals surface area (Å²) in [5.41, 5.74) is 0. The summed E-state index contributed by atoms with van der Waals surface area (Å²) in [6.07, 6.45) is 0. The lowest BCUT2D eigenvalue weighted by Gasteiger charge is -1.86. The first-order valence-electron chi connectivity index (χ1n) is 1.28. The first-order chi connectivity index (χ1) is 2.27. The van der Waals surface area contributed by atoms with E-state index in [4.69, 9.17) is 0 Å². The van der Waals surface area contributed by atoms with Crippen LogP contribution in [0.3, 0.4) is 0 Å². The number of nitrogens with zero attached hydrogens (tertiary/aromatic N) is 1. The molecule has 0 aromatic carbocycles. The Balaban J connectivity index is 2.83. The quantitative estimate of drug-likeness (QED) is 0.444. The van der Waals surface area contributed by atoms with Gasteiger partial charge in [-0.2, -0.15) is 0 Å². The zero-order valence-corrected chi connectivity index (χ0v) is 4.20. The minimum atomic E-state index is 0.0802. The lowest BCUT2D eigenvalue weighted by Crippen LogP contribution is -1.90. The smallest absolute Gasteiger partial charge is 0.248 e. The molecule has 0 fully saturated rings. The Morgan fingerprint density at radius 1 is 1.60 bits per heavy atom. The fraction of sp³-hybridized carbons (Fsp3) is 1.00. The van der Waals surface area contributed by atoms with Crippen molar-refractivity contribution in [3.8, 4) is 0 Å². The molecule has 0 aliphatic heterocycles. The maximum absolute atomic E-state index is 9.53. The molecule has 0 spiro atoms. The molecule has 30 valence electrons. The summed E-state index contributed by atoms with van der Waals surface area (Å²) in [7, 11) is 3.54. The lowest BCUT2D eigenvalue weighted by molar-refractivity contribution is 0.552. The van der Waals surface area contributed by atoms with Crippen LogP contribution in [0.2, 0.25) is 0 Å². The van der Waals surface area contributed by atoms with E-state index in [0.717, 1.165) is 0 Å². The van der Waals surface area contributed by atoms with E-state index in [1.165, 1.54) is 0 Å². The van der Waals surface area contributed by atoms with Gasteiger partial charge in [-0.15, -0.1) is 0 Å². The topological polar surface area (TPSA) is 20.3 Å². The average molecular weight is 91.0 g/mol. The fourth-order valence-corrected chi connectivity index (χ4v) is 0. The summed E-state index contributed by atoms with van der Waals surface area (Å²) in [5, 5.41) is 0. The number of hydrogen-bond acceptors (Lipinski definition) is 1. The van der Waals surface area contributed by atoms with Crippen molar-refractivity contribution in [1.82, 2.24) is 4.67 Å². The van der Waals surface area contributed by atoms with E-state index in [1.54, 1.807) is 18.8 Å². The fourth-order valence-electron chi connectivity index (χ4n) is 0.